The molecule has 0 bridgehead atoms. The van der Waals surface area contributed by atoms with Crippen LogP contribution in [0, 0.1) is 11.7 Å². The largest absolute Gasteiger partial charge is 0.393 e. The molecule has 222 valence electrons. The first-order valence-electron chi connectivity index (χ1n) is 12.8. The van der Waals surface area contributed by atoms with E-state index in [1.165, 1.54) is 12.1 Å². The van der Waals surface area contributed by atoms with Crippen LogP contribution in [0.25, 0.3) is 11.0 Å². The summed E-state index contributed by atoms with van der Waals surface area (Å²) in [6.07, 6.45) is -3.79. The van der Waals surface area contributed by atoms with Gasteiger partial charge in [-0.2, -0.15) is 13.2 Å². The molecule has 0 aliphatic carbocycles. The zero-order valence-electron chi connectivity index (χ0n) is 21.9. The molecule has 1 amide bonds. The van der Waals surface area contributed by atoms with Crippen molar-refractivity contribution < 1.29 is 22.4 Å². The summed E-state index contributed by atoms with van der Waals surface area (Å²) < 4.78 is 56.1. The molecular formula is C28H23Cl4F4N5O. The van der Waals surface area contributed by atoms with Crippen LogP contribution in [0.1, 0.15) is 28.8 Å². The number of piperidine rings is 1. The van der Waals surface area contributed by atoms with E-state index < -0.39 is 23.8 Å². The van der Waals surface area contributed by atoms with Gasteiger partial charge in [-0.1, -0.05) is 58.5 Å². The highest BCUT2D eigenvalue weighted by molar-refractivity contribution is 6.40. The summed E-state index contributed by atoms with van der Waals surface area (Å²) in [6, 6.07) is 10.5. The maximum absolute atomic E-state index is 14.1. The van der Waals surface area contributed by atoms with Crippen molar-refractivity contribution in [3.63, 3.8) is 0 Å². The fourth-order valence-electron chi connectivity index (χ4n) is 4.96. The standard InChI is InChI=1S/C28H23Cl4F4N5O/c1-40-22-11-21(41-9-3-4-15(13-41)28(34,35)36)18(31)10-20(22)38-27(40)39-25-17(30)8-7-14(24(25)32)12-37-26(42)23-16(29)5-2-6-19(23)33/h2,5-8,10-11,15H,3-4,9,12-13H2,1H3,(H,37,42)(H,38,39). The Labute approximate surface area is 258 Å². The number of carbonyl (C=O) groups is 1. The third-order valence-electron chi connectivity index (χ3n) is 7.21. The van der Waals surface area contributed by atoms with Crippen LogP contribution in [0.15, 0.2) is 42.5 Å². The molecule has 1 aliphatic rings. The average molecular weight is 663 g/mol. The number of nitrogens with zero attached hydrogens (tertiary/aromatic N) is 3. The van der Waals surface area contributed by atoms with E-state index in [1.807, 2.05) is 0 Å². The first-order chi connectivity index (χ1) is 19.8. The van der Waals surface area contributed by atoms with Gasteiger partial charge in [-0.25, -0.2) is 9.37 Å². The molecule has 0 radical (unpaired) electrons. The molecule has 14 heteroatoms. The molecule has 2 heterocycles. The zero-order chi connectivity index (χ0) is 30.3. The van der Waals surface area contributed by atoms with Crippen molar-refractivity contribution in [1.82, 2.24) is 14.9 Å². The van der Waals surface area contributed by atoms with Gasteiger partial charge in [0, 0.05) is 26.7 Å². The number of aryl methyl sites for hydroxylation is 1. The summed E-state index contributed by atoms with van der Waals surface area (Å²) in [5.41, 5.74) is 2.15. The number of imidazole rings is 1. The lowest BCUT2D eigenvalue weighted by molar-refractivity contribution is -0.175. The minimum atomic E-state index is -4.28. The molecule has 1 aliphatic heterocycles. The second-order valence-corrected chi connectivity index (χ2v) is 11.5. The second-order valence-electron chi connectivity index (χ2n) is 9.91. The van der Waals surface area contributed by atoms with Gasteiger partial charge in [-0.3, -0.25) is 4.79 Å². The normalized spacial score (nSPS) is 15.7. The van der Waals surface area contributed by atoms with E-state index in [1.54, 1.807) is 40.8 Å². The van der Waals surface area contributed by atoms with Crippen LogP contribution in [0.2, 0.25) is 20.1 Å². The fourth-order valence-corrected chi connectivity index (χ4v) is 6.01. The number of alkyl halides is 3. The molecule has 0 saturated carbocycles. The molecular weight excluding hydrogens is 640 g/mol. The van der Waals surface area contributed by atoms with E-state index >= 15 is 0 Å². The van der Waals surface area contributed by atoms with Crippen LogP contribution in [0.5, 0.6) is 0 Å². The highest BCUT2D eigenvalue weighted by atomic mass is 35.5. The Hall–Kier alpha value is -2.92. The molecule has 1 aromatic heterocycles. The van der Waals surface area contributed by atoms with Crippen LogP contribution in [-0.2, 0) is 13.6 Å². The number of amides is 1. The Balaban J connectivity index is 1.39. The number of fused-ring (bicyclic) bond motifs is 1. The van der Waals surface area contributed by atoms with Crippen molar-refractivity contribution in [1.29, 1.82) is 0 Å². The Morgan fingerprint density at radius 2 is 1.83 bits per heavy atom. The Morgan fingerprint density at radius 3 is 2.55 bits per heavy atom. The molecule has 3 aromatic carbocycles. The van der Waals surface area contributed by atoms with Gasteiger partial charge in [0.05, 0.1) is 54.0 Å². The summed E-state index contributed by atoms with van der Waals surface area (Å²) in [4.78, 5) is 18.8. The van der Waals surface area contributed by atoms with E-state index in [2.05, 4.69) is 15.6 Å². The molecule has 5 rings (SSSR count). The van der Waals surface area contributed by atoms with E-state index in [-0.39, 0.29) is 40.1 Å². The lowest BCUT2D eigenvalue weighted by Crippen LogP contribution is -2.41. The van der Waals surface area contributed by atoms with Gasteiger partial charge < -0.3 is 20.1 Å². The van der Waals surface area contributed by atoms with Crippen molar-refractivity contribution in [2.24, 2.45) is 13.0 Å². The van der Waals surface area contributed by atoms with Crippen LogP contribution in [0.3, 0.4) is 0 Å². The maximum atomic E-state index is 14.1. The molecule has 1 atom stereocenters. The average Bonchev–Trinajstić information content (AvgIpc) is 3.23. The number of benzene rings is 3. The number of aromatic nitrogens is 2. The first kappa shape index (κ1) is 30.5. The van der Waals surface area contributed by atoms with Gasteiger partial charge in [-0.05, 0) is 48.7 Å². The third kappa shape index (κ3) is 6.08. The highest BCUT2D eigenvalue weighted by Crippen LogP contribution is 2.40. The van der Waals surface area contributed by atoms with E-state index in [9.17, 15) is 22.4 Å². The summed E-state index contributed by atoms with van der Waals surface area (Å²) in [7, 11) is 1.73. The molecule has 4 aromatic rings. The fraction of sp³-hybridized carbons (Fsp3) is 0.286. The summed E-state index contributed by atoms with van der Waals surface area (Å²) in [5, 5.41) is 6.45. The molecule has 1 saturated heterocycles. The van der Waals surface area contributed by atoms with Crippen molar-refractivity contribution >= 4 is 80.7 Å². The topological polar surface area (TPSA) is 62.2 Å². The van der Waals surface area contributed by atoms with E-state index in [0.717, 1.165) is 6.07 Å². The minimum absolute atomic E-state index is 0.0253. The molecule has 42 heavy (non-hydrogen) atoms. The van der Waals surface area contributed by atoms with Crippen LogP contribution >= 0.6 is 46.4 Å². The van der Waals surface area contributed by atoms with Crippen molar-refractivity contribution in [3.8, 4) is 0 Å². The third-order valence-corrected chi connectivity index (χ3v) is 8.58. The van der Waals surface area contributed by atoms with Crippen LogP contribution in [0.4, 0.5) is 34.9 Å². The second kappa shape index (κ2) is 12.0. The van der Waals surface area contributed by atoms with Crippen molar-refractivity contribution in [2.75, 3.05) is 23.3 Å². The summed E-state index contributed by atoms with van der Waals surface area (Å²) in [6.45, 7) is 0.234. The molecule has 6 nitrogen and oxygen atoms in total. The predicted molar refractivity (Wildman–Crippen MR) is 159 cm³/mol. The summed E-state index contributed by atoms with van der Waals surface area (Å²) in [5.74, 6) is -2.55. The van der Waals surface area contributed by atoms with Gasteiger partial charge >= 0.3 is 6.18 Å². The summed E-state index contributed by atoms with van der Waals surface area (Å²) >= 11 is 25.6. The molecule has 1 fully saturated rings. The van der Waals surface area contributed by atoms with E-state index in [0.29, 0.717) is 51.9 Å². The number of hydrogen-bond donors (Lipinski definition) is 2. The Morgan fingerprint density at radius 1 is 1.07 bits per heavy atom. The van der Waals surface area contributed by atoms with Gasteiger partial charge in [0.1, 0.15) is 5.82 Å². The number of carbonyl (C=O) groups excluding carboxylic acids is 1. The van der Waals surface area contributed by atoms with E-state index in [4.69, 9.17) is 46.4 Å². The van der Waals surface area contributed by atoms with Gasteiger partial charge in [0.15, 0.2) is 0 Å². The maximum Gasteiger partial charge on any atom is 0.393 e. The Kier molecular flexibility index (Phi) is 8.72. The van der Waals surface area contributed by atoms with Gasteiger partial charge in [-0.15, -0.1) is 0 Å². The number of rotatable bonds is 6. The Bertz CT molecular complexity index is 1660. The number of halogens is 8. The number of nitrogens with one attached hydrogen (secondary N) is 2. The number of hydrogen-bond acceptors (Lipinski definition) is 4. The highest BCUT2D eigenvalue weighted by Gasteiger charge is 2.42. The lowest BCUT2D eigenvalue weighted by atomic mass is 9.97. The lowest BCUT2D eigenvalue weighted by Gasteiger charge is -2.35. The number of anilines is 3. The first-order valence-corrected chi connectivity index (χ1v) is 14.3. The molecule has 2 N–H and O–H groups in total. The monoisotopic (exact) mass is 661 g/mol. The predicted octanol–water partition coefficient (Wildman–Crippen LogP) is 8.78. The quantitative estimate of drug-likeness (QED) is 0.203. The van der Waals surface area contributed by atoms with Gasteiger partial charge in [0.25, 0.3) is 5.91 Å². The SMILES string of the molecule is Cn1c(Nc2c(Cl)ccc(CNC(=O)c3c(F)cccc3Cl)c2Cl)nc2cc(Cl)c(N3CCCC(C(F)(F)F)C3)cc21. The smallest absolute Gasteiger partial charge is 0.370 e. The molecule has 0 spiro atoms. The minimum Gasteiger partial charge on any atom is -0.370 e. The van der Waals surface area contributed by atoms with Crippen molar-refractivity contribution in [2.45, 2.75) is 25.6 Å². The molecule has 1 unspecified atom stereocenters. The zero-order valence-corrected chi connectivity index (χ0v) is 25.0. The van der Waals surface area contributed by atoms with Gasteiger partial charge in [0.2, 0.25) is 5.95 Å². The van der Waals surface area contributed by atoms with Crippen molar-refractivity contribution in [3.05, 3.63) is 79.5 Å². The van der Waals surface area contributed by atoms with Crippen LogP contribution < -0.4 is 15.5 Å². The van der Waals surface area contributed by atoms with Crippen LogP contribution in [-0.4, -0.2) is 34.7 Å².